The zero-order chi connectivity index (χ0) is 12.0. The van der Waals surface area contributed by atoms with Gasteiger partial charge in [-0.1, -0.05) is 18.2 Å². The first-order valence-electron chi connectivity index (χ1n) is 5.10. The molecule has 1 aromatic rings. The van der Waals surface area contributed by atoms with Gasteiger partial charge in [-0.2, -0.15) is 0 Å². The Balaban J connectivity index is 2.49. The smallest absolute Gasteiger partial charge is 0.232 e. The molecule has 0 heterocycles. The number of hydrogen-bond donors (Lipinski definition) is 1. The van der Waals surface area contributed by atoms with Crippen LogP contribution in [0.25, 0.3) is 0 Å². The second kappa shape index (κ2) is 3.46. The molecule has 0 aromatic heterocycles. The van der Waals surface area contributed by atoms with E-state index in [2.05, 4.69) is 0 Å². The fourth-order valence-electron chi connectivity index (χ4n) is 1.71. The summed E-state index contributed by atoms with van der Waals surface area (Å²) < 4.78 is 24.2. The predicted octanol–water partition coefficient (Wildman–Crippen LogP) is 1.06. The minimum atomic E-state index is -3.29. The molecule has 1 saturated carbocycles. The third kappa shape index (κ3) is 1.92. The Bertz CT molecular complexity index is 506. The molecule has 1 N–H and O–H groups in total. The van der Waals surface area contributed by atoms with E-state index in [-0.39, 0.29) is 0 Å². The molecule has 2 rings (SSSR count). The number of anilines is 1. The minimum Gasteiger partial charge on any atom is -0.385 e. The lowest BCUT2D eigenvalue weighted by Gasteiger charge is -2.22. The van der Waals surface area contributed by atoms with Gasteiger partial charge < -0.3 is 5.11 Å². The molecular formula is C11H15NO3S. The van der Waals surface area contributed by atoms with Crippen LogP contribution in [0.4, 0.5) is 5.69 Å². The van der Waals surface area contributed by atoms with Crippen molar-refractivity contribution in [2.75, 3.05) is 17.6 Å². The van der Waals surface area contributed by atoms with Gasteiger partial charge >= 0.3 is 0 Å². The number of benzene rings is 1. The number of aliphatic hydroxyl groups is 1. The molecule has 0 amide bonds. The highest BCUT2D eigenvalue weighted by Gasteiger charge is 2.44. The lowest BCUT2D eigenvalue weighted by molar-refractivity contribution is 0.152. The zero-order valence-corrected chi connectivity index (χ0v) is 10.2. The van der Waals surface area contributed by atoms with E-state index >= 15 is 0 Å². The minimum absolute atomic E-state index is 0.560. The summed E-state index contributed by atoms with van der Waals surface area (Å²) >= 11 is 0. The Morgan fingerprint density at radius 1 is 1.31 bits per heavy atom. The summed E-state index contributed by atoms with van der Waals surface area (Å²) in [4.78, 5) is 0. The van der Waals surface area contributed by atoms with Crippen molar-refractivity contribution in [2.24, 2.45) is 0 Å². The van der Waals surface area contributed by atoms with Crippen molar-refractivity contribution >= 4 is 15.7 Å². The van der Waals surface area contributed by atoms with Crippen LogP contribution in [-0.2, 0) is 15.6 Å². The highest BCUT2D eigenvalue weighted by molar-refractivity contribution is 7.92. The number of rotatable bonds is 3. The zero-order valence-electron chi connectivity index (χ0n) is 9.34. The first kappa shape index (κ1) is 11.4. The van der Waals surface area contributed by atoms with E-state index < -0.39 is 15.6 Å². The van der Waals surface area contributed by atoms with Crippen LogP contribution in [-0.4, -0.2) is 26.8 Å². The molecule has 0 unspecified atom stereocenters. The molecule has 1 aliphatic carbocycles. The highest BCUT2D eigenvalue weighted by Crippen LogP contribution is 2.48. The van der Waals surface area contributed by atoms with Crippen molar-refractivity contribution in [3.8, 4) is 0 Å². The van der Waals surface area contributed by atoms with Gasteiger partial charge in [0, 0.05) is 12.6 Å². The highest BCUT2D eigenvalue weighted by atomic mass is 32.2. The SMILES string of the molecule is CN(c1ccccc1C1(O)CC1)S(C)(=O)=O. The van der Waals surface area contributed by atoms with Crippen molar-refractivity contribution in [1.82, 2.24) is 0 Å². The van der Waals surface area contributed by atoms with Crippen LogP contribution in [0.15, 0.2) is 24.3 Å². The van der Waals surface area contributed by atoms with Gasteiger partial charge in [0.1, 0.15) is 0 Å². The fraction of sp³-hybridized carbons (Fsp3) is 0.455. The summed E-state index contributed by atoms with van der Waals surface area (Å²) in [6.45, 7) is 0. The average molecular weight is 241 g/mol. The maximum absolute atomic E-state index is 11.5. The molecule has 0 aliphatic heterocycles. The molecule has 0 saturated heterocycles. The molecular weight excluding hydrogens is 226 g/mol. The quantitative estimate of drug-likeness (QED) is 0.861. The maximum Gasteiger partial charge on any atom is 0.232 e. The lowest BCUT2D eigenvalue weighted by Crippen LogP contribution is -2.27. The van der Waals surface area contributed by atoms with Crippen molar-refractivity contribution in [1.29, 1.82) is 0 Å². The molecule has 0 radical (unpaired) electrons. The van der Waals surface area contributed by atoms with Crippen molar-refractivity contribution in [3.05, 3.63) is 29.8 Å². The van der Waals surface area contributed by atoms with Crippen LogP contribution in [0.5, 0.6) is 0 Å². The lowest BCUT2D eigenvalue weighted by atomic mass is 10.1. The van der Waals surface area contributed by atoms with Crippen LogP contribution >= 0.6 is 0 Å². The summed E-state index contributed by atoms with van der Waals surface area (Å²) in [7, 11) is -1.79. The van der Waals surface area contributed by atoms with E-state index in [4.69, 9.17) is 0 Å². The topological polar surface area (TPSA) is 57.6 Å². The third-order valence-electron chi connectivity index (χ3n) is 2.97. The summed E-state index contributed by atoms with van der Waals surface area (Å²) in [6, 6.07) is 7.08. The Kier molecular flexibility index (Phi) is 2.47. The van der Waals surface area contributed by atoms with Crippen molar-refractivity contribution in [2.45, 2.75) is 18.4 Å². The molecule has 5 heteroatoms. The Morgan fingerprint density at radius 3 is 2.38 bits per heavy atom. The standard InChI is InChI=1S/C11H15NO3S/c1-12(16(2,14)15)10-6-4-3-5-9(10)11(13)7-8-11/h3-6,13H,7-8H2,1-2H3. The number of nitrogens with zero attached hydrogens (tertiary/aromatic N) is 1. The number of hydrogen-bond acceptors (Lipinski definition) is 3. The van der Waals surface area contributed by atoms with E-state index in [0.29, 0.717) is 24.1 Å². The molecule has 1 aliphatic rings. The Labute approximate surface area is 95.6 Å². The van der Waals surface area contributed by atoms with Gasteiger partial charge in [-0.25, -0.2) is 8.42 Å². The van der Waals surface area contributed by atoms with E-state index in [1.807, 2.05) is 6.07 Å². The Morgan fingerprint density at radius 2 is 1.88 bits per heavy atom. The van der Waals surface area contributed by atoms with Gasteiger partial charge in [0.05, 0.1) is 17.5 Å². The summed E-state index contributed by atoms with van der Waals surface area (Å²) in [5.41, 5.74) is 0.433. The van der Waals surface area contributed by atoms with Crippen LogP contribution in [0.1, 0.15) is 18.4 Å². The second-order valence-electron chi connectivity index (χ2n) is 4.28. The van der Waals surface area contributed by atoms with E-state index in [0.717, 1.165) is 6.26 Å². The molecule has 0 spiro atoms. The predicted molar refractivity (Wildman–Crippen MR) is 62.8 cm³/mol. The van der Waals surface area contributed by atoms with Crippen LogP contribution in [0, 0.1) is 0 Å². The van der Waals surface area contributed by atoms with Crippen molar-refractivity contribution < 1.29 is 13.5 Å². The molecule has 16 heavy (non-hydrogen) atoms. The molecule has 0 bridgehead atoms. The largest absolute Gasteiger partial charge is 0.385 e. The van der Waals surface area contributed by atoms with Gasteiger partial charge in [-0.05, 0) is 18.9 Å². The average Bonchev–Trinajstić information content (AvgIpc) is 2.95. The van der Waals surface area contributed by atoms with Gasteiger partial charge in [-0.3, -0.25) is 4.31 Å². The number of sulfonamides is 1. The first-order valence-corrected chi connectivity index (χ1v) is 6.95. The van der Waals surface area contributed by atoms with Gasteiger partial charge in [0.25, 0.3) is 0 Å². The molecule has 1 aromatic carbocycles. The molecule has 1 fully saturated rings. The summed E-state index contributed by atoms with van der Waals surface area (Å²) in [6.07, 6.45) is 2.55. The Hall–Kier alpha value is -1.07. The fourth-order valence-corrected chi connectivity index (χ4v) is 2.22. The van der Waals surface area contributed by atoms with E-state index in [1.165, 1.54) is 11.4 Å². The van der Waals surface area contributed by atoms with Crippen molar-refractivity contribution in [3.63, 3.8) is 0 Å². The van der Waals surface area contributed by atoms with Crippen LogP contribution < -0.4 is 4.31 Å². The number of para-hydroxylation sites is 1. The molecule has 0 atom stereocenters. The summed E-state index contributed by atoms with van der Waals surface area (Å²) in [5.74, 6) is 0. The van der Waals surface area contributed by atoms with Gasteiger partial charge in [0.15, 0.2) is 0 Å². The third-order valence-corrected chi connectivity index (χ3v) is 4.16. The second-order valence-corrected chi connectivity index (χ2v) is 6.29. The van der Waals surface area contributed by atoms with Gasteiger partial charge in [-0.15, -0.1) is 0 Å². The van der Waals surface area contributed by atoms with E-state index in [1.54, 1.807) is 18.2 Å². The monoisotopic (exact) mass is 241 g/mol. The molecule has 4 nitrogen and oxygen atoms in total. The summed E-state index contributed by atoms with van der Waals surface area (Å²) in [5, 5.41) is 10.1. The first-order chi connectivity index (χ1) is 7.34. The maximum atomic E-state index is 11.5. The van der Waals surface area contributed by atoms with Gasteiger partial charge in [0.2, 0.25) is 10.0 Å². The van der Waals surface area contributed by atoms with Crippen LogP contribution in [0.3, 0.4) is 0 Å². The molecule has 88 valence electrons. The van der Waals surface area contributed by atoms with E-state index in [9.17, 15) is 13.5 Å². The normalized spacial score (nSPS) is 18.2. The van der Waals surface area contributed by atoms with Crippen LogP contribution in [0.2, 0.25) is 0 Å².